The minimum absolute atomic E-state index is 0.0163. The zero-order chi connectivity index (χ0) is 15.3. The zero-order valence-electron chi connectivity index (χ0n) is 13.8. The minimum Gasteiger partial charge on any atom is -0.494 e. The van der Waals surface area contributed by atoms with Gasteiger partial charge in [-0.3, -0.25) is 4.90 Å². The number of rotatable bonds is 7. The first-order valence-corrected chi connectivity index (χ1v) is 8.42. The molecule has 2 N–H and O–H groups in total. The molecule has 1 aliphatic rings. The molecular formula is C18H30N2O. The van der Waals surface area contributed by atoms with Crippen LogP contribution >= 0.6 is 0 Å². The molecule has 0 spiro atoms. The Bertz CT molecular complexity index is 437. The largest absolute Gasteiger partial charge is 0.494 e. The summed E-state index contributed by atoms with van der Waals surface area (Å²) in [4.78, 5) is 2.56. The Labute approximate surface area is 129 Å². The highest BCUT2D eigenvalue weighted by Gasteiger charge is 2.44. The van der Waals surface area contributed by atoms with Gasteiger partial charge in [0, 0.05) is 11.1 Å². The Balaban J connectivity index is 2.37. The third-order valence-corrected chi connectivity index (χ3v) is 5.00. The summed E-state index contributed by atoms with van der Waals surface area (Å²) in [6.45, 7) is 9.30. The fourth-order valence-electron chi connectivity index (χ4n) is 3.98. The van der Waals surface area contributed by atoms with E-state index in [1.807, 2.05) is 19.1 Å². The Morgan fingerprint density at radius 2 is 1.76 bits per heavy atom. The standard InChI is InChI=1S/C18H30N2O/c1-4-20(5-2)18(13-9-10-14-18)17(19)15-11-7-8-12-16(15)21-6-3/h7-8,11-12,17H,4-6,9-10,13-14,19H2,1-3H3. The fourth-order valence-corrected chi connectivity index (χ4v) is 3.98. The van der Waals surface area contributed by atoms with Crippen molar-refractivity contribution >= 4 is 0 Å². The number of likely N-dealkylation sites (N-methyl/N-ethyl adjacent to an activating group) is 1. The van der Waals surface area contributed by atoms with Crippen LogP contribution in [0.3, 0.4) is 0 Å². The summed E-state index contributed by atoms with van der Waals surface area (Å²) in [5.41, 5.74) is 8.05. The number of benzene rings is 1. The second-order valence-corrected chi connectivity index (χ2v) is 5.93. The normalized spacial score (nSPS) is 18.9. The van der Waals surface area contributed by atoms with Gasteiger partial charge in [0.05, 0.1) is 12.6 Å². The van der Waals surface area contributed by atoms with Crippen LogP contribution < -0.4 is 10.5 Å². The molecule has 2 rings (SSSR count). The molecule has 0 amide bonds. The van der Waals surface area contributed by atoms with E-state index in [4.69, 9.17) is 10.5 Å². The van der Waals surface area contributed by atoms with Crippen LogP contribution in [-0.4, -0.2) is 30.1 Å². The quantitative estimate of drug-likeness (QED) is 0.831. The first-order chi connectivity index (χ1) is 10.2. The Morgan fingerprint density at radius 3 is 2.33 bits per heavy atom. The third kappa shape index (κ3) is 3.09. The molecule has 118 valence electrons. The highest BCUT2D eigenvalue weighted by Crippen LogP contribution is 2.45. The van der Waals surface area contributed by atoms with E-state index in [-0.39, 0.29) is 11.6 Å². The van der Waals surface area contributed by atoms with Crippen LogP contribution in [0.15, 0.2) is 24.3 Å². The minimum atomic E-state index is 0.0163. The Hall–Kier alpha value is -1.06. The van der Waals surface area contributed by atoms with Crippen molar-refractivity contribution in [2.24, 2.45) is 5.73 Å². The van der Waals surface area contributed by atoms with Gasteiger partial charge in [-0.1, -0.05) is 44.9 Å². The van der Waals surface area contributed by atoms with E-state index in [1.165, 1.54) is 25.7 Å². The van der Waals surface area contributed by atoms with E-state index in [0.717, 1.165) is 24.4 Å². The summed E-state index contributed by atoms with van der Waals surface area (Å²) < 4.78 is 5.81. The molecule has 0 aliphatic heterocycles. The summed E-state index contributed by atoms with van der Waals surface area (Å²) in [5, 5.41) is 0. The molecule has 0 saturated heterocycles. The summed E-state index contributed by atoms with van der Waals surface area (Å²) >= 11 is 0. The lowest BCUT2D eigenvalue weighted by atomic mass is 9.82. The highest BCUT2D eigenvalue weighted by atomic mass is 16.5. The van der Waals surface area contributed by atoms with Crippen molar-refractivity contribution in [1.29, 1.82) is 0 Å². The molecular weight excluding hydrogens is 260 g/mol. The van der Waals surface area contributed by atoms with Crippen LogP contribution in [0.5, 0.6) is 5.75 Å². The van der Waals surface area contributed by atoms with Gasteiger partial charge in [0.1, 0.15) is 5.75 Å². The lowest BCUT2D eigenvalue weighted by Gasteiger charge is -2.45. The molecule has 1 aromatic carbocycles. The molecule has 1 unspecified atom stereocenters. The molecule has 1 aromatic rings. The van der Waals surface area contributed by atoms with Crippen LogP contribution in [0.25, 0.3) is 0 Å². The zero-order valence-corrected chi connectivity index (χ0v) is 13.8. The average molecular weight is 290 g/mol. The molecule has 21 heavy (non-hydrogen) atoms. The number of nitrogens with two attached hydrogens (primary N) is 1. The topological polar surface area (TPSA) is 38.5 Å². The number of para-hydroxylation sites is 1. The van der Waals surface area contributed by atoms with Crippen LogP contribution in [0.4, 0.5) is 0 Å². The second-order valence-electron chi connectivity index (χ2n) is 5.93. The van der Waals surface area contributed by atoms with Crippen molar-refractivity contribution < 1.29 is 4.74 Å². The summed E-state index contributed by atoms with van der Waals surface area (Å²) in [5.74, 6) is 0.950. The summed E-state index contributed by atoms with van der Waals surface area (Å²) in [7, 11) is 0. The maximum Gasteiger partial charge on any atom is 0.124 e. The molecule has 1 atom stereocenters. The molecule has 1 saturated carbocycles. The highest BCUT2D eigenvalue weighted by molar-refractivity contribution is 5.38. The van der Waals surface area contributed by atoms with Gasteiger partial charge in [-0.05, 0) is 38.9 Å². The lowest BCUT2D eigenvalue weighted by Crippen LogP contribution is -2.53. The molecule has 3 nitrogen and oxygen atoms in total. The molecule has 0 aromatic heterocycles. The van der Waals surface area contributed by atoms with Gasteiger partial charge in [-0.15, -0.1) is 0 Å². The maximum absolute atomic E-state index is 6.80. The molecule has 0 radical (unpaired) electrons. The SMILES string of the molecule is CCOc1ccccc1C(N)C1(N(CC)CC)CCCC1. The van der Waals surface area contributed by atoms with Gasteiger partial charge in [0.2, 0.25) is 0 Å². The van der Waals surface area contributed by atoms with Gasteiger partial charge in [0.15, 0.2) is 0 Å². The number of ether oxygens (including phenoxy) is 1. The predicted molar refractivity (Wildman–Crippen MR) is 88.7 cm³/mol. The second kappa shape index (κ2) is 7.28. The molecule has 3 heteroatoms. The van der Waals surface area contributed by atoms with E-state index >= 15 is 0 Å². The third-order valence-electron chi connectivity index (χ3n) is 5.00. The van der Waals surface area contributed by atoms with Crippen molar-refractivity contribution in [3.8, 4) is 5.75 Å². The van der Waals surface area contributed by atoms with Crippen molar-refractivity contribution in [3.63, 3.8) is 0 Å². The number of hydrogen-bond donors (Lipinski definition) is 1. The first kappa shape index (κ1) is 16.3. The van der Waals surface area contributed by atoms with Crippen LogP contribution in [0.2, 0.25) is 0 Å². The van der Waals surface area contributed by atoms with E-state index < -0.39 is 0 Å². The average Bonchev–Trinajstić information content (AvgIpc) is 2.99. The summed E-state index contributed by atoms with van der Waals surface area (Å²) in [6.07, 6.45) is 4.94. The van der Waals surface area contributed by atoms with Crippen LogP contribution in [0.1, 0.15) is 58.1 Å². The monoisotopic (exact) mass is 290 g/mol. The molecule has 1 fully saturated rings. The molecule has 0 heterocycles. The van der Waals surface area contributed by atoms with Crippen LogP contribution in [-0.2, 0) is 0 Å². The van der Waals surface area contributed by atoms with Crippen molar-refractivity contribution in [1.82, 2.24) is 4.90 Å². The van der Waals surface area contributed by atoms with Gasteiger partial charge in [-0.25, -0.2) is 0 Å². The maximum atomic E-state index is 6.80. The Kier molecular flexibility index (Phi) is 5.65. The molecule has 0 bridgehead atoms. The van der Waals surface area contributed by atoms with Gasteiger partial charge in [-0.2, -0.15) is 0 Å². The predicted octanol–water partition coefficient (Wildman–Crippen LogP) is 3.74. The van der Waals surface area contributed by atoms with Crippen LogP contribution in [0, 0.1) is 0 Å². The van der Waals surface area contributed by atoms with E-state index in [0.29, 0.717) is 6.61 Å². The lowest BCUT2D eigenvalue weighted by molar-refractivity contribution is 0.0759. The van der Waals surface area contributed by atoms with Gasteiger partial charge in [0.25, 0.3) is 0 Å². The van der Waals surface area contributed by atoms with Crippen molar-refractivity contribution in [3.05, 3.63) is 29.8 Å². The smallest absolute Gasteiger partial charge is 0.124 e. The van der Waals surface area contributed by atoms with Gasteiger partial charge >= 0.3 is 0 Å². The first-order valence-electron chi connectivity index (χ1n) is 8.42. The van der Waals surface area contributed by atoms with E-state index in [9.17, 15) is 0 Å². The Morgan fingerprint density at radius 1 is 1.14 bits per heavy atom. The van der Waals surface area contributed by atoms with Gasteiger partial charge < -0.3 is 10.5 Å². The van der Waals surface area contributed by atoms with Crippen molar-refractivity contribution in [2.45, 2.75) is 58.0 Å². The van der Waals surface area contributed by atoms with E-state index in [2.05, 4.69) is 30.9 Å². The fraction of sp³-hybridized carbons (Fsp3) is 0.667. The number of hydrogen-bond acceptors (Lipinski definition) is 3. The summed E-state index contributed by atoms with van der Waals surface area (Å²) in [6, 6.07) is 8.30. The van der Waals surface area contributed by atoms with Crippen molar-refractivity contribution in [2.75, 3.05) is 19.7 Å². The molecule has 1 aliphatic carbocycles. The van der Waals surface area contributed by atoms with E-state index in [1.54, 1.807) is 0 Å². The number of nitrogens with zero attached hydrogens (tertiary/aromatic N) is 1.